The molecule has 0 saturated heterocycles. The number of alkyl halides is 3. The molecule has 1 heterocycles. The molecule has 1 N–H and O–H groups in total. The van der Waals surface area contributed by atoms with E-state index in [-0.39, 0.29) is 17.8 Å². The molecule has 27 heavy (non-hydrogen) atoms. The third-order valence-corrected chi connectivity index (χ3v) is 4.41. The van der Waals surface area contributed by atoms with Crippen LogP contribution < -0.4 is 5.32 Å². The second-order valence-corrected chi connectivity index (χ2v) is 6.33. The molecule has 3 aromatic rings. The lowest BCUT2D eigenvalue weighted by molar-refractivity contribution is -0.159. The molecule has 1 fully saturated rings. The Hall–Kier alpha value is -3.16. The molecule has 1 saturated carbocycles. The van der Waals surface area contributed by atoms with Crippen molar-refractivity contribution >= 4 is 5.91 Å². The van der Waals surface area contributed by atoms with Crippen LogP contribution in [0.15, 0.2) is 59.1 Å². The van der Waals surface area contributed by atoms with Gasteiger partial charge in [0.25, 0.3) is 5.91 Å². The van der Waals surface area contributed by atoms with Crippen LogP contribution in [0, 0.1) is 0 Å². The lowest BCUT2D eigenvalue weighted by Gasteiger charge is -2.05. The molecule has 0 aliphatic heterocycles. The maximum atomic E-state index is 12.5. The van der Waals surface area contributed by atoms with Gasteiger partial charge in [0.15, 0.2) is 0 Å². The molecule has 0 radical (unpaired) electrons. The monoisotopic (exact) mass is 373 g/mol. The number of carbonyl (C=O) groups excluding carboxylic acids is 1. The molecule has 1 amide bonds. The lowest BCUT2D eigenvalue weighted by Crippen LogP contribution is -2.26. The van der Waals surface area contributed by atoms with Crippen molar-refractivity contribution in [2.24, 2.45) is 0 Å². The number of hydrogen-bond donors (Lipinski definition) is 1. The Morgan fingerprint density at radius 1 is 1.07 bits per heavy atom. The number of halogens is 3. The van der Waals surface area contributed by atoms with Gasteiger partial charge in [-0.2, -0.15) is 18.2 Å². The van der Waals surface area contributed by atoms with Crippen LogP contribution in [0.1, 0.15) is 34.2 Å². The van der Waals surface area contributed by atoms with Gasteiger partial charge in [0.2, 0.25) is 5.82 Å². The average Bonchev–Trinajstić information content (AvgIpc) is 3.23. The van der Waals surface area contributed by atoms with Crippen molar-refractivity contribution in [3.05, 3.63) is 71.6 Å². The van der Waals surface area contributed by atoms with Crippen LogP contribution in [-0.2, 0) is 6.18 Å². The van der Waals surface area contributed by atoms with Crippen molar-refractivity contribution in [2.45, 2.75) is 24.6 Å². The van der Waals surface area contributed by atoms with Gasteiger partial charge in [0.05, 0.1) is 0 Å². The van der Waals surface area contributed by atoms with Crippen LogP contribution in [0.5, 0.6) is 0 Å². The first-order valence-corrected chi connectivity index (χ1v) is 8.29. The van der Waals surface area contributed by atoms with E-state index in [1.54, 1.807) is 0 Å². The normalized spacial score (nSPS) is 18.9. The standard InChI is InChI=1S/C19H14F3N3O2/c20-19(21,22)18-24-16(25-27-18)12-6-8-13(9-7-12)17(26)23-15-10-14(15)11-4-2-1-3-5-11/h1-9,14-15H,10H2,(H,23,26)/t14-,15-/m0/s1. The van der Waals surface area contributed by atoms with Crippen LogP contribution in [0.2, 0.25) is 0 Å². The molecule has 1 aromatic heterocycles. The smallest absolute Gasteiger partial charge is 0.349 e. The largest absolute Gasteiger partial charge is 0.471 e. The van der Waals surface area contributed by atoms with Crippen LogP contribution in [0.3, 0.4) is 0 Å². The molecular formula is C19H14F3N3O2. The molecule has 4 rings (SSSR count). The summed E-state index contributed by atoms with van der Waals surface area (Å²) in [6.45, 7) is 0. The minimum atomic E-state index is -4.69. The molecule has 0 bridgehead atoms. The predicted octanol–water partition coefficient (Wildman–Crippen LogP) is 4.04. The predicted molar refractivity (Wildman–Crippen MR) is 89.8 cm³/mol. The summed E-state index contributed by atoms with van der Waals surface area (Å²) in [7, 11) is 0. The number of carbonyl (C=O) groups is 1. The van der Waals surface area contributed by atoms with E-state index in [4.69, 9.17) is 0 Å². The van der Waals surface area contributed by atoms with Crippen molar-refractivity contribution in [3.8, 4) is 11.4 Å². The van der Waals surface area contributed by atoms with Crippen LogP contribution >= 0.6 is 0 Å². The van der Waals surface area contributed by atoms with Crippen molar-refractivity contribution in [1.29, 1.82) is 0 Å². The van der Waals surface area contributed by atoms with Gasteiger partial charge in [0.1, 0.15) is 0 Å². The molecule has 2 aromatic carbocycles. The highest BCUT2D eigenvalue weighted by Gasteiger charge is 2.40. The lowest BCUT2D eigenvalue weighted by atomic mass is 10.1. The Bertz CT molecular complexity index is 952. The minimum absolute atomic E-state index is 0.0890. The number of aromatic nitrogens is 2. The van der Waals surface area contributed by atoms with E-state index < -0.39 is 12.1 Å². The maximum absolute atomic E-state index is 12.5. The Morgan fingerprint density at radius 2 is 1.78 bits per heavy atom. The Morgan fingerprint density at radius 3 is 2.41 bits per heavy atom. The highest BCUT2D eigenvalue weighted by molar-refractivity contribution is 5.95. The maximum Gasteiger partial charge on any atom is 0.471 e. The molecule has 8 heteroatoms. The molecule has 2 atom stereocenters. The summed E-state index contributed by atoms with van der Waals surface area (Å²) in [6.07, 6.45) is -3.80. The highest BCUT2D eigenvalue weighted by Crippen LogP contribution is 2.40. The van der Waals surface area contributed by atoms with Gasteiger partial charge in [0, 0.05) is 23.1 Å². The van der Waals surface area contributed by atoms with E-state index in [1.165, 1.54) is 29.8 Å². The van der Waals surface area contributed by atoms with Crippen molar-refractivity contribution < 1.29 is 22.5 Å². The average molecular weight is 373 g/mol. The van der Waals surface area contributed by atoms with Gasteiger partial charge in [-0.05, 0) is 24.1 Å². The number of benzene rings is 2. The Labute approximate surface area is 152 Å². The topological polar surface area (TPSA) is 68.0 Å². The van der Waals surface area contributed by atoms with Crippen molar-refractivity contribution in [1.82, 2.24) is 15.5 Å². The number of amides is 1. The van der Waals surface area contributed by atoms with Crippen LogP contribution in [-0.4, -0.2) is 22.1 Å². The zero-order chi connectivity index (χ0) is 19.0. The fourth-order valence-electron chi connectivity index (χ4n) is 2.90. The van der Waals surface area contributed by atoms with E-state index >= 15 is 0 Å². The molecule has 0 spiro atoms. The van der Waals surface area contributed by atoms with E-state index in [2.05, 4.69) is 20.0 Å². The quantitative estimate of drug-likeness (QED) is 0.749. The van der Waals surface area contributed by atoms with Crippen molar-refractivity contribution in [3.63, 3.8) is 0 Å². The SMILES string of the molecule is O=C(N[C@H]1C[C@H]1c1ccccc1)c1ccc(-c2noc(C(F)(F)F)n2)cc1. The molecule has 1 aliphatic rings. The summed E-state index contributed by atoms with van der Waals surface area (Å²) in [6, 6.07) is 16.1. The number of rotatable bonds is 4. The summed E-state index contributed by atoms with van der Waals surface area (Å²) >= 11 is 0. The number of nitrogens with zero attached hydrogens (tertiary/aromatic N) is 2. The number of hydrogen-bond acceptors (Lipinski definition) is 4. The van der Waals surface area contributed by atoms with Gasteiger partial charge in [-0.3, -0.25) is 4.79 Å². The molecule has 138 valence electrons. The fourth-order valence-corrected chi connectivity index (χ4v) is 2.90. The van der Waals surface area contributed by atoms with Gasteiger partial charge in [-0.15, -0.1) is 0 Å². The van der Waals surface area contributed by atoms with E-state index in [1.807, 2.05) is 30.3 Å². The molecule has 0 unspecified atom stereocenters. The molecule has 1 aliphatic carbocycles. The van der Waals surface area contributed by atoms with Gasteiger partial charge < -0.3 is 9.84 Å². The summed E-state index contributed by atoms with van der Waals surface area (Å²) in [5.41, 5.74) is 1.94. The van der Waals surface area contributed by atoms with Gasteiger partial charge >= 0.3 is 12.1 Å². The second kappa shape index (κ2) is 6.53. The summed E-state index contributed by atoms with van der Waals surface area (Å²) in [5.74, 6) is -1.50. The van der Waals surface area contributed by atoms with Crippen LogP contribution in [0.4, 0.5) is 13.2 Å². The van der Waals surface area contributed by atoms with Crippen LogP contribution in [0.25, 0.3) is 11.4 Å². The molecule has 5 nitrogen and oxygen atoms in total. The summed E-state index contributed by atoms with van der Waals surface area (Å²) in [5, 5.41) is 6.29. The zero-order valence-corrected chi connectivity index (χ0v) is 13.9. The second-order valence-electron chi connectivity index (χ2n) is 6.33. The first kappa shape index (κ1) is 17.3. The minimum Gasteiger partial charge on any atom is -0.349 e. The van der Waals surface area contributed by atoms with E-state index in [0.29, 0.717) is 17.0 Å². The number of nitrogens with one attached hydrogen (secondary N) is 1. The van der Waals surface area contributed by atoms with Gasteiger partial charge in [-0.25, -0.2) is 0 Å². The fraction of sp³-hybridized carbons (Fsp3) is 0.211. The van der Waals surface area contributed by atoms with E-state index in [9.17, 15) is 18.0 Å². The van der Waals surface area contributed by atoms with Gasteiger partial charge in [-0.1, -0.05) is 47.6 Å². The van der Waals surface area contributed by atoms with E-state index in [0.717, 1.165) is 6.42 Å². The first-order valence-electron chi connectivity index (χ1n) is 8.29. The molecular weight excluding hydrogens is 359 g/mol. The summed E-state index contributed by atoms with van der Waals surface area (Å²) in [4.78, 5) is 15.7. The third kappa shape index (κ3) is 3.69. The highest BCUT2D eigenvalue weighted by atomic mass is 19.4. The Kier molecular flexibility index (Phi) is 4.18. The summed E-state index contributed by atoms with van der Waals surface area (Å²) < 4.78 is 41.8. The Balaban J connectivity index is 1.41. The first-order chi connectivity index (χ1) is 12.9. The van der Waals surface area contributed by atoms with Crippen molar-refractivity contribution in [2.75, 3.05) is 0 Å². The zero-order valence-electron chi connectivity index (χ0n) is 13.9. The third-order valence-electron chi connectivity index (χ3n) is 4.41.